The number of anilines is 2. The van der Waals surface area contributed by atoms with Crippen LogP contribution in [0, 0.1) is 0 Å². The molecule has 0 amide bonds. The third-order valence-corrected chi connectivity index (χ3v) is 9.69. The molecule has 0 heterocycles. The standard InChI is InChI=1S/C22H28N2O5S2/c25-30(26,21-5-1-2-6-21)23-17-9-13-19(14-10-17)29-20-15-11-18(12-16-20)24-31(27,28)22-7-3-4-8-22/h9-16,21-24H,1-8H2. The zero-order valence-electron chi connectivity index (χ0n) is 17.3. The predicted molar refractivity (Wildman–Crippen MR) is 123 cm³/mol. The van der Waals surface area contributed by atoms with Crippen molar-refractivity contribution in [2.45, 2.75) is 61.9 Å². The summed E-state index contributed by atoms with van der Waals surface area (Å²) in [4.78, 5) is 0. The van der Waals surface area contributed by atoms with Crippen LogP contribution in [-0.4, -0.2) is 27.3 Å². The molecule has 0 spiro atoms. The first-order valence-corrected chi connectivity index (χ1v) is 13.8. The fraction of sp³-hybridized carbons (Fsp3) is 0.455. The average molecular weight is 465 g/mol. The van der Waals surface area contributed by atoms with E-state index in [1.54, 1.807) is 48.5 Å². The van der Waals surface area contributed by atoms with Crippen molar-refractivity contribution in [3.05, 3.63) is 48.5 Å². The monoisotopic (exact) mass is 464 g/mol. The number of hydrogen-bond donors (Lipinski definition) is 2. The molecule has 2 saturated carbocycles. The van der Waals surface area contributed by atoms with Gasteiger partial charge in [0.1, 0.15) is 11.5 Å². The van der Waals surface area contributed by atoms with Crippen molar-refractivity contribution in [1.29, 1.82) is 0 Å². The van der Waals surface area contributed by atoms with E-state index in [0.717, 1.165) is 25.7 Å². The maximum absolute atomic E-state index is 12.4. The molecule has 4 rings (SSSR count). The normalized spacial score (nSPS) is 18.2. The highest BCUT2D eigenvalue weighted by Gasteiger charge is 2.29. The molecule has 2 aromatic carbocycles. The van der Waals surface area contributed by atoms with Crippen molar-refractivity contribution in [3.8, 4) is 11.5 Å². The Morgan fingerprint density at radius 3 is 1.23 bits per heavy atom. The van der Waals surface area contributed by atoms with Gasteiger partial charge in [-0.15, -0.1) is 0 Å². The summed E-state index contributed by atoms with van der Waals surface area (Å²) >= 11 is 0. The highest BCUT2D eigenvalue weighted by molar-refractivity contribution is 7.93. The Labute approximate surface area is 184 Å². The van der Waals surface area contributed by atoms with E-state index in [1.807, 2.05) is 0 Å². The molecule has 0 bridgehead atoms. The van der Waals surface area contributed by atoms with Crippen LogP contribution in [0.1, 0.15) is 51.4 Å². The molecule has 31 heavy (non-hydrogen) atoms. The summed E-state index contributed by atoms with van der Waals surface area (Å²) in [5.74, 6) is 1.12. The molecule has 0 aromatic heterocycles. The second-order valence-corrected chi connectivity index (χ2v) is 12.2. The van der Waals surface area contributed by atoms with Crippen LogP contribution in [-0.2, 0) is 20.0 Å². The number of benzene rings is 2. The van der Waals surface area contributed by atoms with E-state index in [-0.39, 0.29) is 10.5 Å². The van der Waals surface area contributed by atoms with Crippen molar-refractivity contribution < 1.29 is 21.6 Å². The molecule has 2 aromatic rings. The summed E-state index contributed by atoms with van der Waals surface area (Å²) in [7, 11) is -6.72. The van der Waals surface area contributed by atoms with E-state index < -0.39 is 20.0 Å². The first-order valence-electron chi connectivity index (χ1n) is 10.7. The zero-order valence-corrected chi connectivity index (χ0v) is 18.9. The molecular weight excluding hydrogens is 436 g/mol. The average Bonchev–Trinajstić information content (AvgIpc) is 3.45. The summed E-state index contributed by atoms with van der Waals surface area (Å²) in [6.07, 6.45) is 6.68. The second-order valence-electron chi connectivity index (χ2n) is 8.26. The van der Waals surface area contributed by atoms with Gasteiger partial charge in [0.25, 0.3) is 0 Å². The van der Waals surface area contributed by atoms with E-state index in [0.29, 0.717) is 48.6 Å². The fourth-order valence-electron chi connectivity index (χ4n) is 4.21. The van der Waals surface area contributed by atoms with Gasteiger partial charge in [-0.25, -0.2) is 16.8 Å². The third kappa shape index (κ3) is 5.51. The van der Waals surface area contributed by atoms with Gasteiger partial charge < -0.3 is 4.74 Å². The highest BCUT2D eigenvalue weighted by Crippen LogP contribution is 2.29. The van der Waals surface area contributed by atoms with Crippen LogP contribution in [0.3, 0.4) is 0 Å². The Morgan fingerprint density at radius 1 is 0.581 bits per heavy atom. The largest absolute Gasteiger partial charge is 0.457 e. The lowest BCUT2D eigenvalue weighted by molar-refractivity contribution is 0.483. The molecule has 2 aliphatic carbocycles. The van der Waals surface area contributed by atoms with Gasteiger partial charge in [0.05, 0.1) is 10.5 Å². The smallest absolute Gasteiger partial charge is 0.235 e. The number of sulfonamides is 2. The predicted octanol–water partition coefficient (Wildman–Crippen LogP) is 4.85. The van der Waals surface area contributed by atoms with Gasteiger partial charge in [0.15, 0.2) is 0 Å². The van der Waals surface area contributed by atoms with Crippen molar-refractivity contribution in [1.82, 2.24) is 0 Å². The van der Waals surface area contributed by atoms with E-state index in [4.69, 9.17) is 4.74 Å². The Hall–Kier alpha value is -2.26. The number of hydrogen-bond acceptors (Lipinski definition) is 5. The summed E-state index contributed by atoms with van der Waals surface area (Å²) in [6, 6.07) is 13.5. The molecule has 2 fully saturated rings. The van der Waals surface area contributed by atoms with Crippen LogP contribution in [0.25, 0.3) is 0 Å². The molecule has 0 unspecified atom stereocenters. The van der Waals surface area contributed by atoms with E-state index >= 15 is 0 Å². The maximum atomic E-state index is 12.4. The minimum Gasteiger partial charge on any atom is -0.457 e. The molecule has 2 aliphatic rings. The van der Waals surface area contributed by atoms with Crippen molar-refractivity contribution >= 4 is 31.4 Å². The minimum atomic E-state index is -3.36. The van der Waals surface area contributed by atoms with Gasteiger partial charge in [0.2, 0.25) is 20.0 Å². The van der Waals surface area contributed by atoms with Gasteiger partial charge in [0, 0.05) is 11.4 Å². The first kappa shape index (κ1) is 22.0. The molecule has 7 nitrogen and oxygen atoms in total. The molecule has 0 atom stereocenters. The van der Waals surface area contributed by atoms with Gasteiger partial charge in [-0.05, 0) is 74.2 Å². The van der Waals surface area contributed by atoms with Crippen LogP contribution in [0.15, 0.2) is 48.5 Å². The molecular formula is C22H28N2O5S2. The van der Waals surface area contributed by atoms with E-state index in [9.17, 15) is 16.8 Å². The van der Waals surface area contributed by atoms with Crippen LogP contribution in [0.2, 0.25) is 0 Å². The van der Waals surface area contributed by atoms with E-state index in [1.165, 1.54) is 0 Å². The first-order chi connectivity index (χ1) is 14.8. The van der Waals surface area contributed by atoms with Crippen molar-refractivity contribution in [3.63, 3.8) is 0 Å². The number of nitrogens with one attached hydrogen (secondary N) is 2. The molecule has 9 heteroatoms. The summed E-state index contributed by atoms with van der Waals surface area (Å²) in [5.41, 5.74) is 1.02. The Balaban J connectivity index is 1.35. The van der Waals surface area contributed by atoms with Crippen LogP contribution in [0.5, 0.6) is 11.5 Å². The van der Waals surface area contributed by atoms with Crippen molar-refractivity contribution in [2.75, 3.05) is 9.44 Å². The Bertz CT molecular complexity index is 996. The SMILES string of the molecule is O=S(=O)(Nc1ccc(Oc2ccc(NS(=O)(=O)C3CCCC3)cc2)cc1)C1CCCC1. The molecule has 0 aliphatic heterocycles. The summed E-state index contributed by atoms with van der Waals surface area (Å²) in [5, 5.41) is -0.624. The quantitative estimate of drug-likeness (QED) is 0.582. The lowest BCUT2D eigenvalue weighted by atomic mass is 10.3. The highest BCUT2D eigenvalue weighted by atomic mass is 32.2. The van der Waals surface area contributed by atoms with Gasteiger partial charge in [-0.3, -0.25) is 9.44 Å². The van der Waals surface area contributed by atoms with Crippen LogP contribution >= 0.6 is 0 Å². The lowest BCUT2D eigenvalue weighted by Gasteiger charge is -2.14. The second kappa shape index (κ2) is 9.08. The van der Waals surface area contributed by atoms with Gasteiger partial charge >= 0.3 is 0 Å². The minimum absolute atomic E-state index is 0.312. The van der Waals surface area contributed by atoms with Gasteiger partial charge in [-0.1, -0.05) is 25.7 Å². The topological polar surface area (TPSA) is 102 Å². The number of rotatable bonds is 8. The van der Waals surface area contributed by atoms with Gasteiger partial charge in [-0.2, -0.15) is 0 Å². The molecule has 0 saturated heterocycles. The maximum Gasteiger partial charge on any atom is 0.235 e. The lowest BCUT2D eigenvalue weighted by Crippen LogP contribution is -2.25. The Morgan fingerprint density at radius 2 is 0.903 bits per heavy atom. The van der Waals surface area contributed by atoms with Crippen LogP contribution < -0.4 is 14.2 Å². The summed E-state index contributed by atoms with van der Waals surface area (Å²) < 4.78 is 60.7. The third-order valence-electron chi connectivity index (χ3n) is 5.95. The Kier molecular flexibility index (Phi) is 6.43. The molecule has 0 radical (unpaired) electrons. The van der Waals surface area contributed by atoms with Crippen LogP contribution in [0.4, 0.5) is 11.4 Å². The van der Waals surface area contributed by atoms with E-state index in [2.05, 4.69) is 9.44 Å². The molecule has 168 valence electrons. The number of ether oxygens (including phenoxy) is 1. The molecule has 2 N–H and O–H groups in total. The fourth-order valence-corrected chi connectivity index (χ4v) is 7.38. The zero-order chi connectivity index (χ0) is 21.9. The van der Waals surface area contributed by atoms with Crippen molar-refractivity contribution in [2.24, 2.45) is 0 Å². The summed E-state index contributed by atoms with van der Waals surface area (Å²) in [6.45, 7) is 0.